The zero-order valence-corrected chi connectivity index (χ0v) is 16.2. The van der Waals surface area contributed by atoms with Crippen LogP contribution in [-0.2, 0) is 30.7 Å². The average Bonchev–Trinajstić information content (AvgIpc) is 2.51. The van der Waals surface area contributed by atoms with E-state index in [9.17, 15) is 19.3 Å². The van der Waals surface area contributed by atoms with Crippen LogP contribution in [0, 0.1) is 6.92 Å². The number of aliphatic carboxylic acids is 1. The first-order valence-corrected chi connectivity index (χ1v) is 8.74. The van der Waals surface area contributed by atoms with Crippen molar-refractivity contribution in [2.45, 2.75) is 39.0 Å². The summed E-state index contributed by atoms with van der Waals surface area (Å²) in [5.41, 5.74) is 1.40. The predicted octanol–water partition coefficient (Wildman–Crippen LogP) is 3.21. The smallest absolute Gasteiger partial charge is 0.481 e. The van der Waals surface area contributed by atoms with Gasteiger partial charge in [-0.1, -0.05) is 19.9 Å². The van der Waals surface area contributed by atoms with Crippen molar-refractivity contribution in [3.63, 3.8) is 0 Å². The Balaban J connectivity index is 3.05. The molecule has 0 spiro atoms. The van der Waals surface area contributed by atoms with Crippen molar-refractivity contribution in [3.8, 4) is 5.75 Å². The van der Waals surface area contributed by atoms with E-state index in [0.29, 0.717) is 23.3 Å². The first-order valence-electron chi connectivity index (χ1n) is 8.01. The van der Waals surface area contributed by atoms with E-state index in [2.05, 4.69) is 5.32 Å². The van der Waals surface area contributed by atoms with E-state index in [-0.39, 0.29) is 19.8 Å². The molecule has 0 radical (unpaired) electrons. The molecule has 2 N–H and O–H groups in total. The lowest BCUT2D eigenvalue weighted by Crippen LogP contribution is -2.25. The Morgan fingerprint density at radius 1 is 1.27 bits per heavy atom. The lowest BCUT2D eigenvalue weighted by atomic mass is 9.77. The number of rotatable bonds is 10. The summed E-state index contributed by atoms with van der Waals surface area (Å²) in [4.78, 5) is 22.7. The van der Waals surface area contributed by atoms with Crippen molar-refractivity contribution in [3.05, 3.63) is 28.8 Å². The molecule has 1 aromatic carbocycles. The quantitative estimate of drug-likeness (QED) is 0.359. The van der Waals surface area contributed by atoms with E-state index in [4.69, 9.17) is 14.0 Å². The molecule has 0 saturated carbocycles. The van der Waals surface area contributed by atoms with E-state index >= 15 is 0 Å². The predicted molar refractivity (Wildman–Crippen MR) is 94.8 cm³/mol. The second-order valence-electron chi connectivity index (χ2n) is 6.41. The first kappa shape index (κ1) is 21.9. The third-order valence-electron chi connectivity index (χ3n) is 3.76. The third-order valence-corrected chi connectivity index (χ3v) is 4.03. The van der Waals surface area contributed by atoms with Crippen LogP contribution in [0.2, 0.25) is 0 Å². The number of aryl methyl sites for hydroxylation is 1. The van der Waals surface area contributed by atoms with Crippen molar-refractivity contribution in [1.29, 1.82) is 0 Å². The van der Waals surface area contributed by atoms with Gasteiger partial charge in [0.1, 0.15) is 12.5 Å². The molecule has 0 fully saturated rings. The highest BCUT2D eigenvalue weighted by molar-refractivity contribution is 7.17. The minimum Gasteiger partial charge on any atom is -0.481 e. The first-order chi connectivity index (χ1) is 12.2. The minimum atomic E-state index is -0.981. The highest BCUT2D eigenvalue weighted by atomic mass is 31.1. The Hall–Kier alpha value is -2.18. The maximum absolute atomic E-state index is 11.4. The van der Waals surface area contributed by atoms with Crippen LogP contribution in [-0.4, -0.2) is 37.6 Å². The number of benzene rings is 1. The second kappa shape index (κ2) is 10.1. The highest BCUT2D eigenvalue weighted by Gasteiger charge is 2.29. The van der Waals surface area contributed by atoms with Crippen molar-refractivity contribution in [1.82, 2.24) is 5.32 Å². The second-order valence-corrected chi connectivity index (χ2v) is 6.74. The van der Waals surface area contributed by atoms with Crippen LogP contribution in [0.3, 0.4) is 0 Å². The molecule has 8 nitrogen and oxygen atoms in total. The summed E-state index contributed by atoms with van der Waals surface area (Å²) in [5.74, 6) is -0.633. The maximum Gasteiger partial charge on any atom is 0.509 e. The van der Waals surface area contributed by atoms with Gasteiger partial charge in [0.25, 0.3) is 0 Å². The monoisotopic (exact) mass is 385 g/mol. The lowest BCUT2D eigenvalue weighted by molar-refractivity contribution is -0.136. The fraction of sp³-hybridized carbons (Fsp3) is 0.529. The standard InChI is InChI=1S/C17H24NO7P/c1-11-7-12(9-14(19)20)15(13(8-11)25-26-22)17(2,3)5-6-23-16(21)24-10-18-4/h7-8,18H,5-6,9-10H2,1-4H3,(H,19,20). The van der Waals surface area contributed by atoms with E-state index in [1.165, 1.54) is 0 Å². The third kappa shape index (κ3) is 6.61. The summed E-state index contributed by atoms with van der Waals surface area (Å²) in [7, 11) is 1.10. The van der Waals surface area contributed by atoms with Crippen LogP contribution in [0.25, 0.3) is 0 Å². The molecule has 1 aromatic rings. The fourth-order valence-corrected chi connectivity index (χ4v) is 2.92. The molecule has 144 valence electrons. The van der Waals surface area contributed by atoms with Crippen molar-refractivity contribution < 1.29 is 33.3 Å². The molecule has 0 unspecified atom stereocenters. The average molecular weight is 385 g/mol. The minimum absolute atomic E-state index is 0.0451. The van der Waals surface area contributed by atoms with Crippen LogP contribution in [0.5, 0.6) is 5.75 Å². The van der Waals surface area contributed by atoms with E-state index in [1.54, 1.807) is 26.1 Å². The molecule has 0 heterocycles. The molecular formula is C17H24NO7P. The van der Waals surface area contributed by atoms with E-state index in [1.807, 2.05) is 13.8 Å². The Labute approximate surface area is 154 Å². The summed E-state index contributed by atoms with van der Waals surface area (Å²) in [6, 6.07) is 3.47. The number of carboxylic acids is 1. The number of carbonyl (C=O) groups is 2. The Morgan fingerprint density at radius 3 is 2.54 bits per heavy atom. The molecule has 9 heteroatoms. The van der Waals surface area contributed by atoms with Crippen LogP contribution in [0.4, 0.5) is 4.79 Å². The molecular weight excluding hydrogens is 361 g/mol. The zero-order chi connectivity index (χ0) is 19.7. The van der Waals surface area contributed by atoms with Gasteiger partial charge in [0.05, 0.1) is 13.0 Å². The van der Waals surface area contributed by atoms with Crippen LogP contribution in [0.15, 0.2) is 12.1 Å². The number of carboxylic acid groups (broad SMARTS) is 1. The zero-order valence-electron chi connectivity index (χ0n) is 15.3. The molecule has 0 saturated heterocycles. The van der Waals surface area contributed by atoms with E-state index in [0.717, 1.165) is 5.56 Å². The van der Waals surface area contributed by atoms with Gasteiger partial charge >= 0.3 is 20.8 Å². The molecule has 0 aromatic heterocycles. The number of hydrogen-bond donors (Lipinski definition) is 2. The Kier molecular flexibility index (Phi) is 8.48. The largest absolute Gasteiger partial charge is 0.509 e. The van der Waals surface area contributed by atoms with Gasteiger partial charge in [-0.3, -0.25) is 10.1 Å². The molecule has 26 heavy (non-hydrogen) atoms. The van der Waals surface area contributed by atoms with E-state index < -0.39 is 26.2 Å². The molecule has 1 rings (SSSR count). The molecule has 0 aliphatic heterocycles. The lowest BCUT2D eigenvalue weighted by Gasteiger charge is -2.29. The van der Waals surface area contributed by atoms with Gasteiger partial charge in [0.15, 0.2) is 0 Å². The fourth-order valence-electron chi connectivity index (χ4n) is 2.70. The number of ether oxygens (including phenoxy) is 2. The van der Waals surface area contributed by atoms with Gasteiger partial charge < -0.3 is 19.1 Å². The Morgan fingerprint density at radius 2 is 1.96 bits per heavy atom. The summed E-state index contributed by atoms with van der Waals surface area (Å²) in [6.07, 6.45) is -0.597. The van der Waals surface area contributed by atoms with Crippen LogP contribution in [0.1, 0.15) is 37.0 Å². The van der Waals surface area contributed by atoms with Crippen LogP contribution >= 0.6 is 8.69 Å². The summed E-state index contributed by atoms with van der Waals surface area (Å²) in [6.45, 7) is 5.67. The van der Waals surface area contributed by atoms with Gasteiger partial charge in [0, 0.05) is 5.56 Å². The number of carbonyl (C=O) groups excluding carboxylic acids is 1. The topological polar surface area (TPSA) is 111 Å². The van der Waals surface area contributed by atoms with Gasteiger partial charge in [-0.2, -0.15) is 0 Å². The van der Waals surface area contributed by atoms with Crippen LogP contribution < -0.4 is 9.84 Å². The normalized spacial score (nSPS) is 11.2. The van der Waals surface area contributed by atoms with Gasteiger partial charge in [0.2, 0.25) is 0 Å². The van der Waals surface area contributed by atoms with Gasteiger partial charge in [-0.05, 0) is 43.0 Å². The number of nitrogens with one attached hydrogen (secondary N) is 1. The van der Waals surface area contributed by atoms with Crippen molar-refractivity contribution >= 4 is 20.8 Å². The summed E-state index contributed by atoms with van der Waals surface area (Å²) >= 11 is 0. The molecule has 0 bridgehead atoms. The van der Waals surface area contributed by atoms with Crippen molar-refractivity contribution in [2.24, 2.45) is 0 Å². The summed E-state index contributed by atoms with van der Waals surface area (Å²) < 4.78 is 25.9. The molecule has 0 aliphatic carbocycles. The Bertz CT molecular complexity index is 661. The van der Waals surface area contributed by atoms with Crippen molar-refractivity contribution in [2.75, 3.05) is 20.4 Å². The van der Waals surface area contributed by atoms with Gasteiger partial charge in [-0.25, -0.2) is 9.36 Å². The maximum atomic E-state index is 11.4. The van der Waals surface area contributed by atoms with Gasteiger partial charge in [-0.15, -0.1) is 0 Å². The molecule has 0 aliphatic rings. The summed E-state index contributed by atoms with van der Waals surface area (Å²) in [5, 5.41) is 11.9. The molecule has 0 amide bonds. The highest BCUT2D eigenvalue weighted by Crippen LogP contribution is 2.39. The SMILES string of the molecule is CNCOC(=O)OCCC(C)(C)c1c(CC(=O)O)cc(C)cc1OP=O. The molecule has 0 atom stereocenters. The number of hydrogen-bond acceptors (Lipinski definition) is 7.